The van der Waals surface area contributed by atoms with Gasteiger partial charge in [-0.25, -0.2) is 5.32 Å². The van der Waals surface area contributed by atoms with Gasteiger partial charge in [-0.1, -0.05) is 30.3 Å². The zero-order valence-electron chi connectivity index (χ0n) is 8.15. The van der Waals surface area contributed by atoms with Gasteiger partial charge in [0.2, 0.25) is 0 Å². The Morgan fingerprint density at radius 1 is 1.27 bits per heavy atom. The highest BCUT2D eigenvalue weighted by Crippen LogP contribution is 2.19. The Balaban J connectivity index is 2.48. The lowest BCUT2D eigenvalue weighted by atomic mass is 10.1. The molecule has 1 aliphatic rings. The molecule has 2 rings (SSSR count). The highest BCUT2D eigenvalue weighted by atomic mass is 32.1. The molecule has 0 saturated heterocycles. The first-order valence-electron chi connectivity index (χ1n) is 4.52. The van der Waals surface area contributed by atoms with E-state index in [1.165, 1.54) is 0 Å². The zero-order chi connectivity index (χ0) is 10.8. The van der Waals surface area contributed by atoms with Gasteiger partial charge in [0.15, 0.2) is 5.11 Å². The number of thiocarbonyl (C=S) groups is 1. The van der Waals surface area contributed by atoms with Gasteiger partial charge in [0.05, 0.1) is 5.70 Å². The Morgan fingerprint density at radius 2 is 1.93 bits per heavy atom. The Bertz CT molecular complexity index is 451. The molecule has 1 aromatic carbocycles. The summed E-state index contributed by atoms with van der Waals surface area (Å²) in [5.74, 6) is -0.172. The quantitative estimate of drug-likeness (QED) is 0.723. The van der Waals surface area contributed by atoms with Gasteiger partial charge in [0.25, 0.3) is 5.91 Å². The average molecular weight is 217 g/mol. The Morgan fingerprint density at radius 3 is 2.60 bits per heavy atom. The lowest BCUT2D eigenvalue weighted by Gasteiger charge is -2.18. The number of amides is 1. The van der Waals surface area contributed by atoms with Crippen LogP contribution in [0.15, 0.2) is 35.9 Å². The fraction of sp³-hybridized carbons (Fsp3) is 0.0909. The van der Waals surface area contributed by atoms with Crippen LogP contribution >= 0.6 is 12.2 Å². The van der Waals surface area contributed by atoms with Crippen LogP contribution in [-0.2, 0) is 4.79 Å². The van der Waals surface area contributed by atoms with Gasteiger partial charge >= 0.3 is 0 Å². The molecule has 1 aliphatic heterocycles. The topological polar surface area (TPSA) is 43.2 Å². The molecule has 1 radical (unpaired) electrons. The molecule has 1 N–H and O–H groups in total. The molecule has 4 heteroatoms. The number of rotatable bonds is 1. The smallest absolute Gasteiger partial charge is 0.255 e. The first-order chi connectivity index (χ1) is 7.18. The summed E-state index contributed by atoms with van der Waals surface area (Å²) in [7, 11) is 0. The van der Waals surface area contributed by atoms with Crippen molar-refractivity contribution in [3.63, 3.8) is 0 Å². The van der Waals surface area contributed by atoms with Crippen LogP contribution in [0.2, 0.25) is 0 Å². The van der Waals surface area contributed by atoms with Gasteiger partial charge in [0.1, 0.15) is 0 Å². The predicted octanol–water partition coefficient (Wildman–Crippen LogP) is 1.44. The minimum absolute atomic E-state index is 0.172. The van der Waals surface area contributed by atoms with Crippen molar-refractivity contribution in [2.45, 2.75) is 6.92 Å². The van der Waals surface area contributed by atoms with E-state index >= 15 is 0 Å². The number of hydrogen-bond acceptors (Lipinski definition) is 2. The van der Waals surface area contributed by atoms with Crippen molar-refractivity contribution in [3.8, 4) is 0 Å². The van der Waals surface area contributed by atoms with Crippen molar-refractivity contribution in [3.05, 3.63) is 41.5 Å². The van der Waals surface area contributed by atoms with E-state index < -0.39 is 0 Å². The molecule has 0 saturated carbocycles. The second-order valence-corrected chi connectivity index (χ2v) is 3.60. The first kappa shape index (κ1) is 9.86. The van der Waals surface area contributed by atoms with Crippen LogP contribution in [0.5, 0.6) is 0 Å². The van der Waals surface area contributed by atoms with Gasteiger partial charge in [-0.05, 0) is 19.1 Å². The maximum absolute atomic E-state index is 11.5. The van der Waals surface area contributed by atoms with E-state index in [4.69, 9.17) is 12.2 Å². The number of carbonyl (C=O) groups is 1. The number of carbonyl (C=O) groups excluding carboxylic acids is 1. The van der Waals surface area contributed by atoms with Crippen molar-refractivity contribution in [2.75, 3.05) is 0 Å². The van der Waals surface area contributed by atoms with Crippen molar-refractivity contribution < 1.29 is 4.79 Å². The highest BCUT2D eigenvalue weighted by molar-refractivity contribution is 7.80. The lowest BCUT2D eigenvalue weighted by molar-refractivity contribution is -0.116. The molecule has 0 aliphatic carbocycles. The van der Waals surface area contributed by atoms with Crippen LogP contribution in [0, 0.1) is 0 Å². The molecule has 1 amide bonds. The molecule has 0 bridgehead atoms. The third-order valence-electron chi connectivity index (χ3n) is 2.18. The molecule has 3 nitrogen and oxygen atoms in total. The molecule has 75 valence electrons. The van der Waals surface area contributed by atoms with Crippen molar-refractivity contribution >= 4 is 28.9 Å². The van der Waals surface area contributed by atoms with Crippen molar-refractivity contribution in [2.24, 2.45) is 0 Å². The van der Waals surface area contributed by atoms with Crippen LogP contribution in [0.4, 0.5) is 0 Å². The van der Waals surface area contributed by atoms with E-state index in [0.717, 1.165) is 5.56 Å². The van der Waals surface area contributed by atoms with Gasteiger partial charge in [-0.15, -0.1) is 0 Å². The Kier molecular flexibility index (Phi) is 2.51. The van der Waals surface area contributed by atoms with E-state index in [1.807, 2.05) is 30.3 Å². The Labute approximate surface area is 93.2 Å². The third-order valence-corrected chi connectivity index (χ3v) is 2.37. The van der Waals surface area contributed by atoms with Gasteiger partial charge in [-0.2, -0.15) is 0 Å². The SMILES string of the molecule is CC1=C(c2ccccc2)[N]C(=S)NC1=O. The largest absolute Gasteiger partial charge is 0.297 e. The predicted molar refractivity (Wildman–Crippen MR) is 61.9 cm³/mol. The maximum atomic E-state index is 11.5. The van der Waals surface area contributed by atoms with E-state index in [0.29, 0.717) is 11.3 Å². The summed E-state index contributed by atoms with van der Waals surface area (Å²) < 4.78 is 0. The summed E-state index contributed by atoms with van der Waals surface area (Å²) in [5.41, 5.74) is 2.16. The minimum atomic E-state index is -0.172. The normalized spacial score (nSPS) is 16.1. The van der Waals surface area contributed by atoms with Crippen LogP contribution < -0.4 is 10.6 Å². The monoisotopic (exact) mass is 217 g/mol. The van der Waals surface area contributed by atoms with E-state index in [1.54, 1.807) is 6.92 Å². The summed E-state index contributed by atoms with van der Waals surface area (Å²) in [4.78, 5) is 11.5. The van der Waals surface area contributed by atoms with Crippen LogP contribution in [0.1, 0.15) is 12.5 Å². The number of benzene rings is 1. The minimum Gasteiger partial charge on any atom is -0.297 e. The van der Waals surface area contributed by atoms with Crippen LogP contribution in [0.3, 0.4) is 0 Å². The summed E-state index contributed by atoms with van der Waals surface area (Å²) in [5, 5.41) is 6.89. The molecular formula is C11H9N2OS. The van der Waals surface area contributed by atoms with Crippen LogP contribution in [0.25, 0.3) is 5.70 Å². The number of hydrogen-bond donors (Lipinski definition) is 1. The van der Waals surface area contributed by atoms with Gasteiger partial charge in [-0.3, -0.25) is 10.1 Å². The van der Waals surface area contributed by atoms with E-state index in [9.17, 15) is 4.79 Å². The van der Waals surface area contributed by atoms with Gasteiger partial charge < -0.3 is 0 Å². The molecule has 0 unspecified atom stereocenters. The van der Waals surface area contributed by atoms with Crippen molar-refractivity contribution in [1.29, 1.82) is 0 Å². The third kappa shape index (κ3) is 1.89. The maximum Gasteiger partial charge on any atom is 0.255 e. The number of nitrogens with one attached hydrogen (secondary N) is 1. The molecule has 15 heavy (non-hydrogen) atoms. The average Bonchev–Trinajstić information content (AvgIpc) is 2.24. The fourth-order valence-electron chi connectivity index (χ4n) is 1.39. The van der Waals surface area contributed by atoms with Crippen LogP contribution in [-0.4, -0.2) is 11.0 Å². The van der Waals surface area contributed by atoms with Gasteiger partial charge in [0, 0.05) is 11.1 Å². The molecule has 0 atom stereocenters. The lowest BCUT2D eigenvalue weighted by Crippen LogP contribution is -2.40. The highest BCUT2D eigenvalue weighted by Gasteiger charge is 2.21. The molecule has 1 aromatic rings. The number of nitrogens with zero attached hydrogens (tertiary/aromatic N) is 1. The summed E-state index contributed by atoms with van der Waals surface area (Å²) >= 11 is 4.88. The molecular weight excluding hydrogens is 208 g/mol. The summed E-state index contributed by atoms with van der Waals surface area (Å²) in [6.45, 7) is 1.74. The Hall–Kier alpha value is -1.68. The molecule has 1 heterocycles. The molecule has 0 spiro atoms. The molecule has 0 aromatic heterocycles. The van der Waals surface area contributed by atoms with E-state index in [2.05, 4.69) is 10.6 Å². The van der Waals surface area contributed by atoms with Crippen molar-refractivity contribution in [1.82, 2.24) is 10.6 Å². The second-order valence-electron chi connectivity index (χ2n) is 3.21. The fourth-order valence-corrected chi connectivity index (χ4v) is 1.57. The zero-order valence-corrected chi connectivity index (χ0v) is 8.97. The summed E-state index contributed by atoms with van der Waals surface area (Å²) in [6, 6.07) is 9.54. The first-order valence-corrected chi connectivity index (χ1v) is 4.92. The summed E-state index contributed by atoms with van der Waals surface area (Å²) in [6.07, 6.45) is 0. The van der Waals surface area contributed by atoms with E-state index in [-0.39, 0.29) is 11.0 Å². The standard InChI is InChI=1S/C11H9N2OS/c1-7-9(8-5-3-2-4-6-8)12-11(15)13-10(7)14/h2-6H,1H3,(H,13,14,15). The second kappa shape index (κ2) is 3.82. The molecule has 0 fully saturated rings.